The summed E-state index contributed by atoms with van der Waals surface area (Å²) in [6.45, 7) is 22.9. The van der Waals surface area contributed by atoms with Crippen molar-refractivity contribution < 1.29 is 4.74 Å². The summed E-state index contributed by atoms with van der Waals surface area (Å²) >= 11 is 0. The molecule has 0 saturated carbocycles. The Labute approximate surface area is 172 Å². The maximum atomic E-state index is 5.75. The summed E-state index contributed by atoms with van der Waals surface area (Å²) in [6.07, 6.45) is 4.58. The van der Waals surface area contributed by atoms with Crippen molar-refractivity contribution >= 4 is 0 Å². The highest BCUT2D eigenvalue weighted by Gasteiger charge is 2.25. The Hall–Kier alpha value is -2.07. The first kappa shape index (κ1) is 24.0. The molecular formula is C24H39N3O. The molecule has 0 aliphatic carbocycles. The van der Waals surface area contributed by atoms with Crippen LogP contribution in [0.15, 0.2) is 55.3 Å². The van der Waals surface area contributed by atoms with Crippen molar-refractivity contribution in [1.82, 2.24) is 14.8 Å². The second kappa shape index (κ2) is 12.4. The second-order valence-corrected chi connectivity index (χ2v) is 7.38. The quantitative estimate of drug-likeness (QED) is 0.428. The number of ether oxygens (including phenoxy) is 1. The topological polar surface area (TPSA) is 28.6 Å². The van der Waals surface area contributed by atoms with E-state index in [2.05, 4.69) is 68.6 Å². The fourth-order valence-electron chi connectivity index (χ4n) is 3.41. The molecule has 0 N–H and O–H groups in total. The number of nitrogens with zero attached hydrogens (tertiary/aromatic N) is 3. The van der Waals surface area contributed by atoms with E-state index in [4.69, 9.17) is 9.72 Å². The van der Waals surface area contributed by atoms with Gasteiger partial charge in [-0.1, -0.05) is 18.7 Å². The van der Waals surface area contributed by atoms with Gasteiger partial charge in [0.1, 0.15) is 0 Å². The number of hydrogen-bond acceptors (Lipinski definition) is 4. The van der Waals surface area contributed by atoms with E-state index >= 15 is 0 Å². The zero-order chi connectivity index (χ0) is 21.1. The summed E-state index contributed by atoms with van der Waals surface area (Å²) in [5.41, 5.74) is 3.65. The van der Waals surface area contributed by atoms with Crippen molar-refractivity contribution in [3.8, 4) is 5.88 Å². The van der Waals surface area contributed by atoms with E-state index in [1.807, 2.05) is 19.9 Å². The van der Waals surface area contributed by atoms with Gasteiger partial charge in [-0.05, 0) is 58.7 Å². The van der Waals surface area contributed by atoms with Gasteiger partial charge in [-0.25, -0.2) is 4.98 Å². The van der Waals surface area contributed by atoms with Crippen molar-refractivity contribution in [2.45, 2.75) is 52.6 Å². The molecule has 0 aromatic carbocycles. The van der Waals surface area contributed by atoms with Crippen molar-refractivity contribution in [2.75, 3.05) is 33.2 Å². The number of allylic oxidation sites excluding steroid dienone is 2. The molecule has 1 aromatic rings. The molecule has 0 spiro atoms. The number of likely N-dealkylation sites (N-methyl/N-ethyl adjacent to an activating group) is 1. The van der Waals surface area contributed by atoms with Gasteiger partial charge in [0.25, 0.3) is 0 Å². The van der Waals surface area contributed by atoms with Crippen molar-refractivity contribution in [3.63, 3.8) is 0 Å². The molecule has 1 aliphatic heterocycles. The standard InChI is InChI=1S/C22H35N3O.C2H4/c1-7-19(18(5)24(6)8-2)12-14-25-15-13-20(16-25)21-10-9-11-22(23-21)26-17(3)4;1-2/h7,9-11,17,20H,5,8,12-16H2,1-4,6H3;1-2H2/b19-7-;. The van der Waals surface area contributed by atoms with Crippen LogP contribution in [0.2, 0.25) is 0 Å². The predicted octanol–water partition coefficient (Wildman–Crippen LogP) is 5.26. The summed E-state index contributed by atoms with van der Waals surface area (Å²) in [5, 5.41) is 0. The smallest absolute Gasteiger partial charge is 0.213 e. The van der Waals surface area contributed by atoms with Gasteiger partial charge in [0.2, 0.25) is 5.88 Å². The minimum absolute atomic E-state index is 0.159. The van der Waals surface area contributed by atoms with E-state index in [0.29, 0.717) is 5.92 Å². The van der Waals surface area contributed by atoms with Crippen LogP contribution in [0.25, 0.3) is 0 Å². The number of likely N-dealkylation sites (tertiary alicyclic amines) is 1. The second-order valence-electron chi connectivity index (χ2n) is 7.38. The zero-order valence-corrected chi connectivity index (χ0v) is 18.6. The van der Waals surface area contributed by atoms with Gasteiger partial charge in [-0.15, -0.1) is 13.2 Å². The molecule has 0 bridgehead atoms. The summed E-state index contributed by atoms with van der Waals surface area (Å²) in [6, 6.07) is 6.15. The SMILES string of the molecule is C=C.C=C(/C(=C\C)CCN1CCC(c2cccc(OC(C)C)n2)C1)N(C)CC. The molecule has 4 heteroatoms. The van der Waals surface area contributed by atoms with Crippen LogP contribution >= 0.6 is 0 Å². The highest BCUT2D eigenvalue weighted by molar-refractivity contribution is 5.26. The average molecular weight is 386 g/mol. The molecule has 2 rings (SSSR count). The van der Waals surface area contributed by atoms with Crippen LogP contribution in [0.1, 0.15) is 52.1 Å². The predicted molar refractivity (Wildman–Crippen MR) is 121 cm³/mol. The lowest BCUT2D eigenvalue weighted by Gasteiger charge is -2.24. The Morgan fingerprint density at radius 2 is 2.11 bits per heavy atom. The Morgan fingerprint density at radius 1 is 1.39 bits per heavy atom. The lowest BCUT2D eigenvalue weighted by molar-refractivity contribution is 0.231. The largest absolute Gasteiger partial charge is 0.475 e. The van der Waals surface area contributed by atoms with Crippen LogP contribution in [0, 0.1) is 0 Å². The Balaban J connectivity index is 0.00000190. The molecule has 0 radical (unpaired) electrons. The molecule has 1 fully saturated rings. The summed E-state index contributed by atoms with van der Waals surface area (Å²) in [7, 11) is 2.11. The van der Waals surface area contributed by atoms with Gasteiger partial charge >= 0.3 is 0 Å². The van der Waals surface area contributed by atoms with Crippen LogP contribution in [-0.4, -0.2) is 54.1 Å². The van der Waals surface area contributed by atoms with E-state index in [-0.39, 0.29) is 6.10 Å². The van der Waals surface area contributed by atoms with E-state index in [1.165, 1.54) is 12.0 Å². The fourth-order valence-corrected chi connectivity index (χ4v) is 3.41. The zero-order valence-electron chi connectivity index (χ0n) is 18.6. The molecule has 156 valence electrons. The van der Waals surface area contributed by atoms with Gasteiger partial charge < -0.3 is 14.5 Å². The van der Waals surface area contributed by atoms with E-state index in [0.717, 1.165) is 49.9 Å². The molecule has 1 unspecified atom stereocenters. The summed E-state index contributed by atoms with van der Waals surface area (Å²) in [4.78, 5) is 9.48. The minimum atomic E-state index is 0.159. The monoisotopic (exact) mass is 385 g/mol. The van der Waals surface area contributed by atoms with Gasteiger partial charge in [-0.2, -0.15) is 0 Å². The maximum absolute atomic E-state index is 5.75. The Morgan fingerprint density at radius 3 is 2.71 bits per heavy atom. The Bertz CT molecular complexity index is 638. The van der Waals surface area contributed by atoms with Crippen molar-refractivity contribution in [1.29, 1.82) is 0 Å². The van der Waals surface area contributed by atoms with Crippen LogP contribution in [0.5, 0.6) is 5.88 Å². The average Bonchev–Trinajstić information content (AvgIpc) is 3.18. The van der Waals surface area contributed by atoms with Crippen LogP contribution in [0.4, 0.5) is 0 Å². The molecular weight excluding hydrogens is 346 g/mol. The van der Waals surface area contributed by atoms with Crippen LogP contribution in [0.3, 0.4) is 0 Å². The van der Waals surface area contributed by atoms with E-state index in [9.17, 15) is 0 Å². The highest BCUT2D eigenvalue weighted by Crippen LogP contribution is 2.28. The third-order valence-electron chi connectivity index (χ3n) is 5.14. The summed E-state index contributed by atoms with van der Waals surface area (Å²) < 4.78 is 5.75. The van der Waals surface area contributed by atoms with Crippen molar-refractivity contribution in [2.24, 2.45) is 0 Å². The molecule has 2 heterocycles. The molecule has 1 aliphatic rings. The van der Waals surface area contributed by atoms with Gasteiger partial charge in [0.15, 0.2) is 0 Å². The maximum Gasteiger partial charge on any atom is 0.213 e. The molecule has 4 nitrogen and oxygen atoms in total. The third kappa shape index (κ3) is 7.16. The Kier molecular flexibility index (Phi) is 10.6. The van der Waals surface area contributed by atoms with Crippen LogP contribution < -0.4 is 4.74 Å². The number of hydrogen-bond donors (Lipinski definition) is 0. The lowest BCUT2D eigenvalue weighted by atomic mass is 10.0. The first-order valence-electron chi connectivity index (χ1n) is 10.4. The van der Waals surface area contributed by atoms with Gasteiger partial charge in [0.05, 0.1) is 6.10 Å². The first-order chi connectivity index (χ1) is 13.4. The number of rotatable bonds is 9. The lowest BCUT2D eigenvalue weighted by Crippen LogP contribution is -2.24. The molecule has 28 heavy (non-hydrogen) atoms. The molecule has 0 amide bonds. The first-order valence-corrected chi connectivity index (χ1v) is 10.4. The highest BCUT2D eigenvalue weighted by atomic mass is 16.5. The molecule has 1 atom stereocenters. The van der Waals surface area contributed by atoms with Gasteiger partial charge in [0, 0.05) is 50.1 Å². The van der Waals surface area contributed by atoms with Gasteiger partial charge in [-0.3, -0.25) is 0 Å². The third-order valence-corrected chi connectivity index (χ3v) is 5.14. The number of pyridine rings is 1. The fraction of sp³-hybridized carbons (Fsp3) is 0.542. The number of aromatic nitrogens is 1. The van der Waals surface area contributed by atoms with E-state index < -0.39 is 0 Å². The van der Waals surface area contributed by atoms with Crippen molar-refractivity contribution in [3.05, 3.63) is 61.0 Å². The van der Waals surface area contributed by atoms with E-state index in [1.54, 1.807) is 0 Å². The van der Waals surface area contributed by atoms with Crippen LogP contribution in [-0.2, 0) is 0 Å². The molecule has 1 saturated heterocycles. The minimum Gasteiger partial charge on any atom is -0.475 e. The normalized spacial score (nSPS) is 17.2. The molecule has 1 aromatic heterocycles. The summed E-state index contributed by atoms with van der Waals surface area (Å²) in [5.74, 6) is 1.24.